The van der Waals surface area contributed by atoms with E-state index in [2.05, 4.69) is 15.2 Å². The highest BCUT2D eigenvalue weighted by molar-refractivity contribution is 7.18. The first kappa shape index (κ1) is 20.2. The zero-order valence-electron chi connectivity index (χ0n) is 16.8. The molecule has 0 unspecified atom stereocenters. The molecule has 9 heteroatoms. The molecule has 0 spiro atoms. The summed E-state index contributed by atoms with van der Waals surface area (Å²) in [6, 6.07) is 7.76. The van der Waals surface area contributed by atoms with Crippen molar-refractivity contribution in [1.29, 1.82) is 0 Å². The van der Waals surface area contributed by atoms with E-state index in [4.69, 9.17) is 4.42 Å². The Morgan fingerprint density at radius 1 is 1.23 bits per heavy atom. The molecule has 1 fully saturated rings. The van der Waals surface area contributed by atoms with Gasteiger partial charge in [-0.25, -0.2) is 4.98 Å². The second-order valence-electron chi connectivity index (χ2n) is 7.56. The third kappa shape index (κ3) is 4.08. The lowest BCUT2D eigenvalue weighted by atomic mass is 10.2. The minimum atomic E-state index is -0.216. The topological polar surface area (TPSA) is 80.4 Å². The number of nitrogens with zero attached hydrogens (tertiary/aromatic N) is 3. The number of carbonyl (C=O) groups excluding carboxylic acids is 1. The average Bonchev–Trinajstić information content (AvgIpc) is 3.56. The predicted molar refractivity (Wildman–Crippen MR) is 122 cm³/mol. The Kier molecular flexibility index (Phi) is 5.71. The Hall–Kier alpha value is -2.75. The fraction of sp³-hybridized carbons (Fsp3) is 0.318. The van der Waals surface area contributed by atoms with Crippen molar-refractivity contribution < 1.29 is 9.21 Å². The first-order chi connectivity index (χ1) is 15.2. The molecule has 5 rings (SSSR count). The van der Waals surface area contributed by atoms with Gasteiger partial charge in [0.1, 0.15) is 17.1 Å². The van der Waals surface area contributed by atoms with Gasteiger partial charge in [0, 0.05) is 22.4 Å². The van der Waals surface area contributed by atoms with Gasteiger partial charge in [-0.3, -0.25) is 19.1 Å². The molecule has 1 N–H and O–H groups in total. The van der Waals surface area contributed by atoms with Crippen LogP contribution in [0.3, 0.4) is 0 Å². The van der Waals surface area contributed by atoms with Crippen LogP contribution in [0.5, 0.6) is 0 Å². The standard InChI is InChI=1S/C22H22N4O3S2/c27-19(23-11-16(17-5-3-9-29-17)25-7-1-2-8-25)12-26-14-24-21-20(22(26)28)15(13-31-21)18-6-4-10-30-18/h3-6,9-10,13-14,16H,1-2,7-8,11-12H2,(H,23,27)/t16-/m1/s1. The molecular formula is C22H22N4O3S2. The van der Waals surface area contributed by atoms with Gasteiger partial charge in [0.25, 0.3) is 5.56 Å². The fourth-order valence-electron chi connectivity index (χ4n) is 4.06. The maximum absolute atomic E-state index is 13.1. The number of likely N-dealkylation sites (tertiary alicyclic amines) is 1. The maximum Gasteiger partial charge on any atom is 0.263 e. The molecule has 0 radical (unpaired) electrons. The Balaban J connectivity index is 1.32. The quantitative estimate of drug-likeness (QED) is 0.460. The third-order valence-electron chi connectivity index (χ3n) is 5.61. The minimum Gasteiger partial charge on any atom is -0.468 e. The average molecular weight is 455 g/mol. The Morgan fingerprint density at radius 3 is 2.84 bits per heavy atom. The van der Waals surface area contributed by atoms with E-state index in [-0.39, 0.29) is 24.1 Å². The van der Waals surface area contributed by atoms with Crippen LogP contribution in [0, 0.1) is 0 Å². The number of hydrogen-bond acceptors (Lipinski definition) is 7. The summed E-state index contributed by atoms with van der Waals surface area (Å²) in [5, 5.41) is 7.50. The monoisotopic (exact) mass is 454 g/mol. The molecule has 5 heterocycles. The highest BCUT2D eigenvalue weighted by Crippen LogP contribution is 2.33. The number of hydrogen-bond donors (Lipinski definition) is 1. The summed E-state index contributed by atoms with van der Waals surface area (Å²) in [7, 11) is 0. The number of nitrogens with one attached hydrogen (secondary N) is 1. The van der Waals surface area contributed by atoms with Gasteiger partial charge >= 0.3 is 0 Å². The van der Waals surface area contributed by atoms with E-state index in [0.717, 1.165) is 42.1 Å². The lowest BCUT2D eigenvalue weighted by molar-refractivity contribution is -0.122. The highest BCUT2D eigenvalue weighted by atomic mass is 32.1. The van der Waals surface area contributed by atoms with E-state index in [0.29, 0.717) is 16.8 Å². The van der Waals surface area contributed by atoms with E-state index in [1.807, 2.05) is 35.0 Å². The molecule has 7 nitrogen and oxygen atoms in total. The predicted octanol–water partition coefficient (Wildman–Crippen LogP) is 3.73. The summed E-state index contributed by atoms with van der Waals surface area (Å²) in [4.78, 5) is 34.3. The van der Waals surface area contributed by atoms with E-state index >= 15 is 0 Å². The zero-order valence-corrected chi connectivity index (χ0v) is 18.5. The molecule has 1 aliphatic heterocycles. The summed E-state index contributed by atoms with van der Waals surface area (Å²) in [6.45, 7) is 2.36. The van der Waals surface area contributed by atoms with Gasteiger partial charge in [0.2, 0.25) is 5.91 Å². The van der Waals surface area contributed by atoms with Crippen LogP contribution in [0.2, 0.25) is 0 Å². The van der Waals surface area contributed by atoms with Crippen molar-refractivity contribution >= 4 is 38.8 Å². The number of amides is 1. The summed E-state index contributed by atoms with van der Waals surface area (Å²) >= 11 is 3.03. The second-order valence-corrected chi connectivity index (χ2v) is 9.37. The Bertz CT molecular complexity index is 1220. The molecule has 160 valence electrons. The van der Waals surface area contributed by atoms with Gasteiger partial charge in [-0.2, -0.15) is 0 Å². The largest absolute Gasteiger partial charge is 0.468 e. The number of rotatable bonds is 7. The van der Waals surface area contributed by atoms with Gasteiger partial charge in [0.15, 0.2) is 0 Å². The normalized spacial score (nSPS) is 15.5. The summed E-state index contributed by atoms with van der Waals surface area (Å²) in [5.74, 6) is 0.633. The molecule has 1 amide bonds. The minimum absolute atomic E-state index is 0.00100. The highest BCUT2D eigenvalue weighted by Gasteiger charge is 2.26. The SMILES string of the molecule is O=C(Cn1cnc2scc(-c3cccs3)c2c1=O)NC[C@H](c1ccco1)N1CCCC1. The van der Waals surface area contributed by atoms with Crippen molar-refractivity contribution in [3.05, 3.63) is 63.7 Å². The number of carbonyl (C=O) groups is 1. The van der Waals surface area contributed by atoms with E-state index < -0.39 is 0 Å². The number of furan rings is 1. The Labute approximate surface area is 186 Å². The smallest absolute Gasteiger partial charge is 0.263 e. The van der Waals surface area contributed by atoms with Crippen LogP contribution in [-0.2, 0) is 11.3 Å². The maximum atomic E-state index is 13.1. The van der Waals surface area contributed by atoms with Crippen LogP contribution in [0.15, 0.2) is 56.8 Å². The van der Waals surface area contributed by atoms with Crippen LogP contribution in [0.4, 0.5) is 0 Å². The molecule has 0 saturated carbocycles. The number of aromatic nitrogens is 2. The second kappa shape index (κ2) is 8.78. The van der Waals surface area contributed by atoms with Crippen molar-refractivity contribution in [3.63, 3.8) is 0 Å². The van der Waals surface area contributed by atoms with Crippen molar-refractivity contribution in [1.82, 2.24) is 19.8 Å². The Morgan fingerprint density at radius 2 is 2.10 bits per heavy atom. The molecule has 0 aromatic carbocycles. The molecule has 4 aromatic heterocycles. The van der Waals surface area contributed by atoms with Gasteiger partial charge in [-0.05, 0) is 49.5 Å². The number of thiophene rings is 2. The van der Waals surface area contributed by atoms with Gasteiger partial charge < -0.3 is 9.73 Å². The molecule has 1 aliphatic rings. The van der Waals surface area contributed by atoms with Crippen molar-refractivity contribution in [2.45, 2.75) is 25.4 Å². The van der Waals surface area contributed by atoms with Gasteiger partial charge in [0.05, 0.1) is 24.0 Å². The van der Waals surface area contributed by atoms with E-state index in [1.165, 1.54) is 22.2 Å². The molecule has 1 atom stereocenters. The first-order valence-electron chi connectivity index (χ1n) is 10.3. The van der Waals surface area contributed by atoms with Crippen LogP contribution < -0.4 is 10.9 Å². The van der Waals surface area contributed by atoms with Crippen molar-refractivity contribution in [2.24, 2.45) is 0 Å². The molecular weight excluding hydrogens is 432 g/mol. The molecule has 31 heavy (non-hydrogen) atoms. The van der Waals surface area contributed by atoms with E-state index in [9.17, 15) is 9.59 Å². The molecule has 4 aromatic rings. The van der Waals surface area contributed by atoms with Crippen LogP contribution in [0.1, 0.15) is 24.6 Å². The van der Waals surface area contributed by atoms with Gasteiger partial charge in [-0.1, -0.05) is 6.07 Å². The zero-order chi connectivity index (χ0) is 21.2. The third-order valence-corrected chi connectivity index (χ3v) is 7.40. The van der Waals surface area contributed by atoms with Crippen LogP contribution >= 0.6 is 22.7 Å². The first-order valence-corrected chi connectivity index (χ1v) is 12.0. The van der Waals surface area contributed by atoms with E-state index in [1.54, 1.807) is 17.6 Å². The summed E-state index contributed by atoms with van der Waals surface area (Å²) in [5.41, 5.74) is 0.695. The molecule has 0 bridgehead atoms. The summed E-state index contributed by atoms with van der Waals surface area (Å²) < 4.78 is 7.00. The fourth-order valence-corrected chi connectivity index (χ4v) is 5.78. The lowest BCUT2D eigenvalue weighted by Crippen LogP contribution is -2.39. The van der Waals surface area contributed by atoms with Crippen LogP contribution in [0.25, 0.3) is 20.7 Å². The van der Waals surface area contributed by atoms with Crippen molar-refractivity contribution in [3.8, 4) is 10.4 Å². The van der Waals surface area contributed by atoms with Crippen molar-refractivity contribution in [2.75, 3.05) is 19.6 Å². The molecule has 0 aliphatic carbocycles. The van der Waals surface area contributed by atoms with Gasteiger partial charge in [-0.15, -0.1) is 22.7 Å². The van der Waals surface area contributed by atoms with Crippen LogP contribution in [-0.4, -0.2) is 40.0 Å². The lowest BCUT2D eigenvalue weighted by Gasteiger charge is -2.26. The summed E-state index contributed by atoms with van der Waals surface area (Å²) in [6.07, 6.45) is 5.43. The molecule has 1 saturated heterocycles. The number of fused-ring (bicyclic) bond motifs is 1.